The molecular weight excluding hydrogens is 226 g/mol. The monoisotopic (exact) mass is 247 g/mol. The van der Waals surface area contributed by atoms with Gasteiger partial charge in [0.1, 0.15) is 0 Å². The first kappa shape index (κ1) is 15.9. The van der Waals surface area contributed by atoms with Crippen LogP contribution in [-0.4, -0.2) is 45.9 Å². The molecule has 0 aliphatic carbocycles. The van der Waals surface area contributed by atoms with Crippen LogP contribution in [-0.2, 0) is 9.59 Å². The lowest BCUT2D eigenvalue weighted by molar-refractivity contribution is -0.139. The van der Waals surface area contributed by atoms with Crippen LogP contribution in [0.3, 0.4) is 0 Å². The summed E-state index contributed by atoms with van der Waals surface area (Å²) < 4.78 is 0. The Balaban J connectivity index is 4.40. The average molecular weight is 247 g/mol. The van der Waals surface area contributed by atoms with Crippen LogP contribution in [0.1, 0.15) is 33.6 Å². The Bertz CT molecular complexity index is 284. The fourth-order valence-electron chi connectivity index (χ4n) is 1.42. The first-order chi connectivity index (χ1) is 7.64. The van der Waals surface area contributed by atoms with E-state index < -0.39 is 16.9 Å². The molecule has 0 aromatic carbocycles. The van der Waals surface area contributed by atoms with Crippen molar-refractivity contribution in [1.82, 2.24) is 5.32 Å². The summed E-state index contributed by atoms with van der Waals surface area (Å²) >= 11 is 0. The third-order valence-electron chi connectivity index (χ3n) is 2.41. The highest BCUT2D eigenvalue weighted by atomic mass is 16.4. The van der Waals surface area contributed by atoms with Gasteiger partial charge in [0.05, 0.1) is 25.2 Å². The summed E-state index contributed by atoms with van der Waals surface area (Å²) in [5.74, 6) is -1.35. The van der Waals surface area contributed by atoms with Crippen molar-refractivity contribution in [2.45, 2.75) is 39.2 Å². The van der Waals surface area contributed by atoms with Gasteiger partial charge in [-0.05, 0) is 12.3 Å². The number of carbonyl (C=O) groups is 2. The summed E-state index contributed by atoms with van der Waals surface area (Å²) in [6.07, 6.45) is -0.0930. The van der Waals surface area contributed by atoms with Crippen molar-refractivity contribution in [3.8, 4) is 0 Å². The molecule has 17 heavy (non-hydrogen) atoms. The van der Waals surface area contributed by atoms with Gasteiger partial charge in [-0.25, -0.2) is 0 Å². The van der Waals surface area contributed by atoms with Crippen LogP contribution in [0.2, 0.25) is 0 Å². The largest absolute Gasteiger partial charge is 0.481 e. The first-order valence-corrected chi connectivity index (χ1v) is 5.39. The maximum Gasteiger partial charge on any atom is 0.303 e. The third-order valence-corrected chi connectivity index (χ3v) is 2.41. The molecule has 6 heteroatoms. The maximum absolute atomic E-state index is 11.6. The molecule has 0 radical (unpaired) electrons. The van der Waals surface area contributed by atoms with Crippen molar-refractivity contribution in [2.24, 2.45) is 5.41 Å². The number of rotatable bonds is 7. The minimum Gasteiger partial charge on any atom is -0.481 e. The standard InChI is InChI=1S/C11H21NO5/c1-10(2,5-9(16)17)4-8(15)12-11(3,6-13)7-14/h13-14H,4-7H2,1-3H3,(H,12,15)(H,16,17). The molecule has 0 aromatic rings. The van der Waals surface area contributed by atoms with Gasteiger partial charge in [-0.1, -0.05) is 13.8 Å². The first-order valence-electron chi connectivity index (χ1n) is 5.39. The molecule has 0 spiro atoms. The molecule has 0 saturated heterocycles. The van der Waals surface area contributed by atoms with Gasteiger partial charge in [0.2, 0.25) is 5.91 Å². The van der Waals surface area contributed by atoms with Crippen LogP contribution >= 0.6 is 0 Å². The Hall–Kier alpha value is -1.14. The fraction of sp³-hybridized carbons (Fsp3) is 0.818. The van der Waals surface area contributed by atoms with E-state index >= 15 is 0 Å². The molecule has 0 rings (SSSR count). The van der Waals surface area contributed by atoms with Crippen molar-refractivity contribution in [3.63, 3.8) is 0 Å². The summed E-state index contributed by atoms with van der Waals surface area (Å²) in [4.78, 5) is 22.2. The molecule has 0 bridgehead atoms. The van der Waals surface area contributed by atoms with Gasteiger partial charge in [-0.2, -0.15) is 0 Å². The number of carbonyl (C=O) groups excluding carboxylic acids is 1. The number of hydrogen-bond acceptors (Lipinski definition) is 4. The van der Waals surface area contributed by atoms with E-state index in [1.807, 2.05) is 0 Å². The minimum absolute atomic E-state index is 0.0227. The molecule has 0 saturated carbocycles. The van der Waals surface area contributed by atoms with E-state index in [4.69, 9.17) is 15.3 Å². The lowest BCUT2D eigenvalue weighted by atomic mass is 9.85. The summed E-state index contributed by atoms with van der Waals surface area (Å²) in [5.41, 5.74) is -1.74. The van der Waals surface area contributed by atoms with Crippen LogP contribution in [0.4, 0.5) is 0 Å². The normalized spacial score (nSPS) is 12.3. The lowest BCUT2D eigenvalue weighted by Crippen LogP contribution is -2.52. The fourth-order valence-corrected chi connectivity index (χ4v) is 1.42. The number of aliphatic hydroxyl groups excluding tert-OH is 2. The Kier molecular flexibility index (Phi) is 5.57. The van der Waals surface area contributed by atoms with Crippen LogP contribution < -0.4 is 5.32 Å². The van der Waals surface area contributed by atoms with Crippen LogP contribution in [0, 0.1) is 5.41 Å². The number of aliphatic hydroxyl groups is 2. The van der Waals surface area contributed by atoms with E-state index in [0.29, 0.717) is 0 Å². The summed E-state index contributed by atoms with van der Waals surface area (Å²) in [7, 11) is 0. The quantitative estimate of drug-likeness (QED) is 0.496. The molecular formula is C11H21NO5. The SMILES string of the molecule is CC(C)(CC(=O)O)CC(=O)NC(C)(CO)CO. The van der Waals surface area contributed by atoms with Gasteiger partial charge in [0.15, 0.2) is 0 Å². The van der Waals surface area contributed by atoms with Crippen molar-refractivity contribution in [1.29, 1.82) is 0 Å². The van der Waals surface area contributed by atoms with E-state index in [1.54, 1.807) is 13.8 Å². The molecule has 1 amide bonds. The van der Waals surface area contributed by atoms with Crippen molar-refractivity contribution in [3.05, 3.63) is 0 Å². The van der Waals surface area contributed by atoms with E-state index in [9.17, 15) is 9.59 Å². The average Bonchev–Trinajstić information content (AvgIpc) is 2.14. The van der Waals surface area contributed by atoms with Crippen LogP contribution in [0.5, 0.6) is 0 Å². The zero-order valence-corrected chi connectivity index (χ0v) is 10.5. The summed E-state index contributed by atoms with van der Waals surface area (Å²) in [6.45, 7) is 4.10. The van der Waals surface area contributed by atoms with E-state index in [-0.39, 0.29) is 32.0 Å². The Morgan fingerprint density at radius 1 is 1.06 bits per heavy atom. The highest BCUT2D eigenvalue weighted by Gasteiger charge is 2.29. The lowest BCUT2D eigenvalue weighted by Gasteiger charge is -2.29. The number of carboxylic acid groups (broad SMARTS) is 1. The Morgan fingerprint density at radius 3 is 1.88 bits per heavy atom. The van der Waals surface area contributed by atoms with Gasteiger partial charge >= 0.3 is 5.97 Å². The smallest absolute Gasteiger partial charge is 0.303 e. The highest BCUT2D eigenvalue weighted by Crippen LogP contribution is 2.25. The molecule has 0 unspecified atom stereocenters. The van der Waals surface area contributed by atoms with E-state index in [0.717, 1.165) is 0 Å². The van der Waals surface area contributed by atoms with Crippen LogP contribution in [0.25, 0.3) is 0 Å². The second-order valence-corrected chi connectivity index (χ2v) is 5.34. The molecule has 0 aliphatic rings. The minimum atomic E-state index is -1.07. The molecule has 0 atom stereocenters. The Morgan fingerprint density at radius 2 is 1.53 bits per heavy atom. The van der Waals surface area contributed by atoms with Gasteiger partial charge in [0, 0.05) is 6.42 Å². The van der Waals surface area contributed by atoms with Crippen LogP contribution in [0.15, 0.2) is 0 Å². The van der Waals surface area contributed by atoms with Gasteiger partial charge in [0.25, 0.3) is 0 Å². The number of hydrogen-bond donors (Lipinski definition) is 4. The molecule has 4 N–H and O–H groups in total. The molecule has 0 aliphatic heterocycles. The number of aliphatic carboxylic acids is 1. The molecule has 0 aromatic heterocycles. The number of nitrogens with one attached hydrogen (secondary N) is 1. The topological polar surface area (TPSA) is 107 Å². The third kappa shape index (κ3) is 6.23. The summed E-state index contributed by atoms with van der Waals surface area (Å²) in [6, 6.07) is 0. The molecule has 0 fully saturated rings. The van der Waals surface area contributed by atoms with E-state index in [2.05, 4.69) is 5.32 Å². The molecule has 0 heterocycles. The zero-order valence-electron chi connectivity index (χ0n) is 10.5. The maximum atomic E-state index is 11.6. The van der Waals surface area contributed by atoms with E-state index in [1.165, 1.54) is 6.92 Å². The molecule has 100 valence electrons. The van der Waals surface area contributed by atoms with Crippen molar-refractivity contribution in [2.75, 3.05) is 13.2 Å². The second-order valence-electron chi connectivity index (χ2n) is 5.34. The zero-order chi connectivity index (χ0) is 13.7. The van der Waals surface area contributed by atoms with Crippen molar-refractivity contribution < 1.29 is 24.9 Å². The number of carboxylic acids is 1. The predicted octanol–water partition coefficient (Wildman–Crippen LogP) is -0.263. The Labute approximate surface area is 101 Å². The number of amides is 1. The second kappa shape index (κ2) is 5.97. The highest BCUT2D eigenvalue weighted by molar-refractivity contribution is 5.78. The van der Waals surface area contributed by atoms with Crippen molar-refractivity contribution >= 4 is 11.9 Å². The predicted molar refractivity (Wildman–Crippen MR) is 61.4 cm³/mol. The van der Waals surface area contributed by atoms with Gasteiger partial charge in [-0.3, -0.25) is 9.59 Å². The van der Waals surface area contributed by atoms with Gasteiger partial charge in [-0.15, -0.1) is 0 Å². The summed E-state index contributed by atoms with van der Waals surface area (Å²) in [5, 5.41) is 29.2. The molecule has 6 nitrogen and oxygen atoms in total. The van der Waals surface area contributed by atoms with Gasteiger partial charge < -0.3 is 20.6 Å².